The van der Waals surface area contributed by atoms with Gasteiger partial charge in [0.05, 0.1) is 5.69 Å². The average molecular weight is 261 g/mol. The Morgan fingerprint density at radius 2 is 2.16 bits per heavy atom. The fraction of sp³-hybridized carbons (Fsp3) is 0.0833. The maximum Gasteiger partial charge on any atom is 0.343 e. The van der Waals surface area contributed by atoms with Gasteiger partial charge in [0.15, 0.2) is 6.61 Å². The molecule has 0 radical (unpaired) electrons. The van der Waals surface area contributed by atoms with Crippen LogP contribution in [0.15, 0.2) is 36.7 Å². The predicted molar refractivity (Wildman–Crippen MR) is 67.5 cm³/mol. The topological polar surface area (TPSA) is 101 Å². The molecule has 2 rings (SSSR count). The number of carbonyl (C=O) groups excluding carboxylic acids is 1. The lowest BCUT2D eigenvalue weighted by molar-refractivity contribution is -0.143. The number of urea groups is 1. The minimum Gasteiger partial charge on any atom is -0.479 e. The van der Waals surface area contributed by atoms with Gasteiger partial charge in [0.25, 0.3) is 0 Å². The molecule has 0 aliphatic rings. The first-order valence-electron chi connectivity index (χ1n) is 5.40. The molecule has 7 heteroatoms. The molecule has 0 fully saturated rings. The number of rotatable bonds is 4. The summed E-state index contributed by atoms with van der Waals surface area (Å²) in [6, 6.07) is 6.55. The maximum absolute atomic E-state index is 11.5. The molecule has 0 spiro atoms. The van der Waals surface area contributed by atoms with Crippen molar-refractivity contribution in [2.75, 3.05) is 11.9 Å². The van der Waals surface area contributed by atoms with Crippen LogP contribution in [0.25, 0.3) is 10.8 Å². The lowest BCUT2D eigenvalue weighted by Gasteiger charge is -2.08. The Kier molecular flexibility index (Phi) is 3.89. The zero-order valence-corrected chi connectivity index (χ0v) is 9.79. The first-order chi connectivity index (χ1) is 9.16. The average Bonchev–Trinajstić information content (AvgIpc) is 2.39. The number of nitrogens with zero attached hydrogens (tertiary/aromatic N) is 1. The van der Waals surface area contributed by atoms with Crippen LogP contribution >= 0.6 is 0 Å². The Balaban J connectivity index is 2.05. The number of nitrogens with one attached hydrogen (secondary N) is 2. The highest BCUT2D eigenvalue weighted by Crippen LogP contribution is 2.21. The van der Waals surface area contributed by atoms with E-state index < -0.39 is 18.6 Å². The molecule has 1 aromatic carbocycles. The molecule has 98 valence electrons. The van der Waals surface area contributed by atoms with E-state index in [1.807, 2.05) is 17.6 Å². The summed E-state index contributed by atoms with van der Waals surface area (Å²) >= 11 is 0. The van der Waals surface area contributed by atoms with Gasteiger partial charge >= 0.3 is 12.0 Å². The predicted octanol–water partition coefficient (Wildman–Crippen LogP) is 1.37. The van der Waals surface area contributed by atoms with Crippen LogP contribution in [0.4, 0.5) is 10.5 Å². The third-order valence-corrected chi connectivity index (χ3v) is 2.29. The van der Waals surface area contributed by atoms with E-state index in [1.54, 1.807) is 24.5 Å². The smallest absolute Gasteiger partial charge is 0.343 e. The lowest BCUT2D eigenvalue weighted by atomic mass is 10.1. The monoisotopic (exact) mass is 261 g/mol. The van der Waals surface area contributed by atoms with E-state index in [9.17, 15) is 9.59 Å². The van der Waals surface area contributed by atoms with Gasteiger partial charge in [-0.1, -0.05) is 12.1 Å². The van der Waals surface area contributed by atoms with E-state index in [1.165, 1.54) is 0 Å². The summed E-state index contributed by atoms with van der Waals surface area (Å²) < 4.78 is 0. The minimum atomic E-state index is -1.17. The van der Waals surface area contributed by atoms with Crippen molar-refractivity contribution in [3.8, 4) is 0 Å². The van der Waals surface area contributed by atoms with E-state index in [4.69, 9.17) is 5.11 Å². The number of pyridine rings is 1. The van der Waals surface area contributed by atoms with Gasteiger partial charge in [0, 0.05) is 17.8 Å². The number of amides is 2. The number of hydrogen-bond acceptors (Lipinski definition) is 4. The van der Waals surface area contributed by atoms with Gasteiger partial charge in [-0.15, -0.1) is 0 Å². The molecule has 19 heavy (non-hydrogen) atoms. The molecule has 0 aliphatic heterocycles. The number of hydrogen-bond donors (Lipinski definition) is 3. The van der Waals surface area contributed by atoms with Crippen LogP contribution < -0.4 is 10.8 Å². The number of anilines is 1. The Bertz CT molecular complexity index is 609. The molecule has 7 nitrogen and oxygen atoms in total. The van der Waals surface area contributed by atoms with Crippen LogP contribution in [0.3, 0.4) is 0 Å². The first-order valence-corrected chi connectivity index (χ1v) is 5.40. The highest BCUT2D eigenvalue weighted by atomic mass is 16.7. The molecule has 0 saturated carbocycles. The molecule has 0 saturated heterocycles. The van der Waals surface area contributed by atoms with E-state index in [0.717, 1.165) is 10.8 Å². The Labute approximate surface area is 108 Å². The van der Waals surface area contributed by atoms with Crippen molar-refractivity contribution in [2.24, 2.45) is 0 Å². The van der Waals surface area contributed by atoms with Crippen molar-refractivity contribution in [1.82, 2.24) is 10.5 Å². The van der Waals surface area contributed by atoms with Gasteiger partial charge in [-0.3, -0.25) is 9.82 Å². The SMILES string of the molecule is O=C(O)CONC(=O)Nc1cccc2ccncc12. The van der Waals surface area contributed by atoms with Gasteiger partial charge in [0.1, 0.15) is 0 Å². The van der Waals surface area contributed by atoms with E-state index >= 15 is 0 Å². The summed E-state index contributed by atoms with van der Waals surface area (Å²) in [5.74, 6) is -1.17. The largest absolute Gasteiger partial charge is 0.479 e. The number of aliphatic carboxylic acids is 1. The Morgan fingerprint density at radius 1 is 1.32 bits per heavy atom. The number of benzene rings is 1. The Morgan fingerprint density at radius 3 is 2.95 bits per heavy atom. The number of fused-ring (bicyclic) bond motifs is 1. The van der Waals surface area contributed by atoms with Crippen molar-refractivity contribution in [2.45, 2.75) is 0 Å². The Hall–Kier alpha value is -2.67. The standard InChI is InChI=1S/C12H11N3O4/c16-11(17)7-19-15-12(18)14-10-3-1-2-8-4-5-13-6-9(8)10/h1-6H,7H2,(H,16,17)(H2,14,15,18). The normalized spacial score (nSPS) is 10.1. The number of carbonyl (C=O) groups is 2. The van der Waals surface area contributed by atoms with Crippen LogP contribution in [0.5, 0.6) is 0 Å². The van der Waals surface area contributed by atoms with Crippen molar-refractivity contribution < 1.29 is 19.5 Å². The second kappa shape index (κ2) is 5.78. The molecule has 0 atom stereocenters. The van der Waals surface area contributed by atoms with Gasteiger partial charge in [-0.05, 0) is 17.5 Å². The number of aromatic nitrogens is 1. The summed E-state index contributed by atoms with van der Waals surface area (Å²) in [6.45, 7) is -0.607. The van der Waals surface area contributed by atoms with Crippen molar-refractivity contribution in [1.29, 1.82) is 0 Å². The van der Waals surface area contributed by atoms with Gasteiger partial charge in [-0.25, -0.2) is 15.1 Å². The summed E-state index contributed by atoms with van der Waals surface area (Å²) in [4.78, 5) is 30.1. The fourth-order valence-electron chi connectivity index (χ4n) is 1.53. The molecule has 0 unspecified atom stereocenters. The van der Waals surface area contributed by atoms with Crippen LogP contribution in [-0.4, -0.2) is 28.7 Å². The molecule has 3 N–H and O–H groups in total. The van der Waals surface area contributed by atoms with Crippen LogP contribution in [-0.2, 0) is 9.63 Å². The molecule has 0 bridgehead atoms. The van der Waals surface area contributed by atoms with Crippen molar-refractivity contribution in [3.63, 3.8) is 0 Å². The zero-order valence-electron chi connectivity index (χ0n) is 9.79. The summed E-state index contributed by atoms with van der Waals surface area (Å²) in [5, 5.41) is 12.6. The van der Waals surface area contributed by atoms with Gasteiger partial charge in [-0.2, -0.15) is 0 Å². The van der Waals surface area contributed by atoms with Gasteiger partial charge in [0.2, 0.25) is 0 Å². The quantitative estimate of drug-likeness (QED) is 0.722. The van der Waals surface area contributed by atoms with Crippen molar-refractivity contribution >= 4 is 28.5 Å². The number of hydroxylamine groups is 1. The fourth-order valence-corrected chi connectivity index (χ4v) is 1.53. The highest BCUT2D eigenvalue weighted by Gasteiger charge is 2.06. The van der Waals surface area contributed by atoms with Crippen LogP contribution in [0.2, 0.25) is 0 Å². The minimum absolute atomic E-state index is 0.557. The summed E-state index contributed by atoms with van der Waals surface area (Å²) in [5.41, 5.74) is 2.53. The molecule has 1 heterocycles. The van der Waals surface area contributed by atoms with Crippen LogP contribution in [0.1, 0.15) is 0 Å². The number of carboxylic acids is 1. The molecule has 2 amide bonds. The molecule has 0 aliphatic carbocycles. The zero-order chi connectivity index (χ0) is 13.7. The third-order valence-electron chi connectivity index (χ3n) is 2.29. The lowest BCUT2D eigenvalue weighted by Crippen LogP contribution is -2.30. The molecule has 1 aromatic heterocycles. The second-order valence-electron chi connectivity index (χ2n) is 3.64. The summed E-state index contributed by atoms with van der Waals surface area (Å²) in [6.07, 6.45) is 3.28. The van der Waals surface area contributed by atoms with Gasteiger partial charge < -0.3 is 10.4 Å². The van der Waals surface area contributed by atoms with Crippen LogP contribution in [0, 0.1) is 0 Å². The van der Waals surface area contributed by atoms with E-state index in [-0.39, 0.29) is 0 Å². The van der Waals surface area contributed by atoms with E-state index in [2.05, 4.69) is 15.1 Å². The second-order valence-corrected chi connectivity index (χ2v) is 3.64. The first kappa shape index (κ1) is 12.8. The highest BCUT2D eigenvalue weighted by molar-refractivity contribution is 6.00. The maximum atomic E-state index is 11.5. The van der Waals surface area contributed by atoms with E-state index in [0.29, 0.717) is 5.69 Å². The molecular weight excluding hydrogens is 250 g/mol. The summed E-state index contributed by atoms with van der Waals surface area (Å²) in [7, 11) is 0. The van der Waals surface area contributed by atoms with Crippen molar-refractivity contribution in [3.05, 3.63) is 36.7 Å². The molecule has 2 aromatic rings. The third kappa shape index (κ3) is 3.39. The number of carboxylic acid groups (broad SMARTS) is 1. The molecular formula is C12H11N3O4.